The summed E-state index contributed by atoms with van der Waals surface area (Å²) < 4.78 is 0. The number of halogens is 1. The lowest BCUT2D eigenvalue weighted by Gasteiger charge is -2.14. The summed E-state index contributed by atoms with van der Waals surface area (Å²) in [5.41, 5.74) is 1.19. The number of carbonyl (C=O) groups excluding carboxylic acids is 3. The average Bonchev–Trinajstić information content (AvgIpc) is 2.85. The maximum Gasteiger partial charge on any atom is 0.325 e. The quantitative estimate of drug-likeness (QED) is 0.801. The number of carbonyl (C=O) groups is 3. The van der Waals surface area contributed by atoms with Crippen molar-refractivity contribution in [3.05, 3.63) is 59.4 Å². The van der Waals surface area contributed by atoms with Gasteiger partial charge in [0.25, 0.3) is 5.91 Å². The molecule has 2 heterocycles. The van der Waals surface area contributed by atoms with Gasteiger partial charge in [0, 0.05) is 11.2 Å². The number of anilines is 1. The zero-order valence-corrected chi connectivity index (χ0v) is 13.9. The minimum absolute atomic E-state index is 0.0606. The standard InChI is InChI=1S/C17H15ClN4O3/c18-13-6-2-1-4-11(13)10-22-16(24)14(21-17(22)25)8-15(23)20-12-5-3-7-19-9-12/h1-7,9,14H,8,10H2,(H,20,23)(H,21,25). The lowest BCUT2D eigenvalue weighted by Crippen LogP contribution is -2.34. The van der Waals surface area contributed by atoms with Crippen LogP contribution in [0.1, 0.15) is 12.0 Å². The molecule has 0 radical (unpaired) electrons. The number of nitrogens with one attached hydrogen (secondary N) is 2. The summed E-state index contributed by atoms with van der Waals surface area (Å²) in [7, 11) is 0. The maximum atomic E-state index is 12.4. The first-order valence-corrected chi connectivity index (χ1v) is 7.97. The Balaban J connectivity index is 1.63. The number of imide groups is 1. The van der Waals surface area contributed by atoms with E-state index in [0.717, 1.165) is 4.90 Å². The van der Waals surface area contributed by atoms with Crippen molar-refractivity contribution >= 4 is 35.1 Å². The average molecular weight is 359 g/mol. The molecule has 1 unspecified atom stereocenters. The second kappa shape index (κ2) is 7.31. The molecule has 1 fully saturated rings. The number of nitrogens with zero attached hydrogens (tertiary/aromatic N) is 2. The predicted molar refractivity (Wildman–Crippen MR) is 91.8 cm³/mol. The smallest absolute Gasteiger partial charge is 0.325 e. The maximum absolute atomic E-state index is 12.4. The number of rotatable bonds is 5. The third-order valence-electron chi connectivity index (χ3n) is 3.73. The molecule has 0 saturated carbocycles. The number of amides is 4. The second-order valence-electron chi connectivity index (χ2n) is 5.51. The van der Waals surface area contributed by atoms with Gasteiger partial charge in [0.1, 0.15) is 6.04 Å². The van der Waals surface area contributed by atoms with Crippen LogP contribution >= 0.6 is 11.6 Å². The fourth-order valence-corrected chi connectivity index (χ4v) is 2.69. The highest BCUT2D eigenvalue weighted by Gasteiger charge is 2.39. The van der Waals surface area contributed by atoms with Crippen molar-refractivity contribution < 1.29 is 14.4 Å². The third-order valence-corrected chi connectivity index (χ3v) is 4.10. The van der Waals surface area contributed by atoms with Crippen molar-refractivity contribution in [2.24, 2.45) is 0 Å². The van der Waals surface area contributed by atoms with E-state index in [9.17, 15) is 14.4 Å². The summed E-state index contributed by atoms with van der Waals surface area (Å²) in [6, 6.07) is 8.91. The van der Waals surface area contributed by atoms with Crippen LogP contribution in [0, 0.1) is 0 Å². The monoisotopic (exact) mass is 358 g/mol. The number of aromatic nitrogens is 1. The Morgan fingerprint density at radius 3 is 2.76 bits per heavy atom. The topological polar surface area (TPSA) is 91.4 Å². The van der Waals surface area contributed by atoms with Crippen molar-refractivity contribution in [2.45, 2.75) is 19.0 Å². The fraction of sp³-hybridized carbons (Fsp3) is 0.176. The van der Waals surface area contributed by atoms with E-state index in [2.05, 4.69) is 15.6 Å². The van der Waals surface area contributed by atoms with Crippen LogP contribution in [0.5, 0.6) is 0 Å². The van der Waals surface area contributed by atoms with Gasteiger partial charge in [-0.2, -0.15) is 0 Å². The van der Waals surface area contributed by atoms with E-state index in [0.29, 0.717) is 16.3 Å². The van der Waals surface area contributed by atoms with Crippen LogP contribution < -0.4 is 10.6 Å². The van der Waals surface area contributed by atoms with Gasteiger partial charge in [-0.05, 0) is 23.8 Å². The third kappa shape index (κ3) is 3.95. The van der Waals surface area contributed by atoms with E-state index in [1.165, 1.54) is 6.20 Å². The molecule has 8 heteroatoms. The Bertz CT molecular complexity index is 813. The molecule has 1 saturated heterocycles. The van der Waals surface area contributed by atoms with Crippen LogP contribution in [0.15, 0.2) is 48.8 Å². The Labute approximate surface area is 149 Å². The predicted octanol–water partition coefficient (Wildman–Crippen LogP) is 2.18. The van der Waals surface area contributed by atoms with E-state index < -0.39 is 18.0 Å². The second-order valence-corrected chi connectivity index (χ2v) is 5.92. The van der Waals surface area contributed by atoms with Crippen LogP contribution in [0.2, 0.25) is 5.02 Å². The Kier molecular flexibility index (Phi) is 4.95. The van der Waals surface area contributed by atoms with Gasteiger partial charge >= 0.3 is 6.03 Å². The van der Waals surface area contributed by atoms with Crippen LogP contribution in [-0.2, 0) is 16.1 Å². The lowest BCUT2D eigenvalue weighted by atomic mass is 10.1. The normalized spacial score (nSPS) is 16.7. The number of hydrogen-bond acceptors (Lipinski definition) is 4. The summed E-state index contributed by atoms with van der Waals surface area (Å²) in [6.07, 6.45) is 2.93. The molecule has 3 rings (SSSR count). The van der Waals surface area contributed by atoms with E-state index in [4.69, 9.17) is 11.6 Å². The summed E-state index contributed by atoms with van der Waals surface area (Å²) in [5.74, 6) is -0.836. The summed E-state index contributed by atoms with van der Waals surface area (Å²) in [5, 5.41) is 5.63. The van der Waals surface area contributed by atoms with E-state index in [1.807, 2.05) is 0 Å². The molecule has 2 aromatic rings. The van der Waals surface area contributed by atoms with Gasteiger partial charge in [-0.15, -0.1) is 0 Å². The largest absolute Gasteiger partial charge is 0.325 e. The number of hydrogen-bond donors (Lipinski definition) is 2. The van der Waals surface area contributed by atoms with Crippen molar-refractivity contribution in [3.8, 4) is 0 Å². The Morgan fingerprint density at radius 2 is 2.04 bits per heavy atom. The molecule has 2 N–H and O–H groups in total. The van der Waals surface area contributed by atoms with Gasteiger partial charge in [0.15, 0.2) is 0 Å². The van der Waals surface area contributed by atoms with Crippen LogP contribution in [0.4, 0.5) is 10.5 Å². The molecule has 0 spiro atoms. The molecule has 1 aliphatic heterocycles. The highest BCUT2D eigenvalue weighted by Crippen LogP contribution is 2.20. The number of pyridine rings is 1. The molecule has 1 aliphatic rings. The molecular weight excluding hydrogens is 344 g/mol. The molecule has 1 aromatic heterocycles. The molecule has 7 nitrogen and oxygen atoms in total. The number of urea groups is 1. The molecule has 25 heavy (non-hydrogen) atoms. The molecular formula is C17H15ClN4O3. The highest BCUT2D eigenvalue weighted by atomic mass is 35.5. The molecule has 0 bridgehead atoms. The molecule has 128 valence electrons. The molecule has 4 amide bonds. The minimum atomic E-state index is -0.897. The first-order chi connectivity index (χ1) is 12.0. The van der Waals surface area contributed by atoms with Crippen molar-refractivity contribution in [1.29, 1.82) is 0 Å². The fourth-order valence-electron chi connectivity index (χ4n) is 2.50. The molecule has 1 aromatic carbocycles. The van der Waals surface area contributed by atoms with E-state index in [1.54, 1.807) is 42.6 Å². The SMILES string of the molecule is O=C(CC1NC(=O)N(Cc2ccccc2Cl)C1=O)Nc1cccnc1. The van der Waals surface area contributed by atoms with Crippen molar-refractivity contribution in [3.63, 3.8) is 0 Å². The van der Waals surface area contributed by atoms with E-state index in [-0.39, 0.29) is 18.9 Å². The molecule has 1 atom stereocenters. The summed E-state index contributed by atoms with van der Waals surface area (Å²) in [4.78, 5) is 41.5. The van der Waals surface area contributed by atoms with Gasteiger partial charge in [-0.3, -0.25) is 19.5 Å². The minimum Gasteiger partial charge on any atom is -0.325 e. The molecule has 0 aliphatic carbocycles. The number of benzene rings is 1. The van der Waals surface area contributed by atoms with Gasteiger partial charge < -0.3 is 10.6 Å². The first kappa shape index (κ1) is 16.9. The Hall–Kier alpha value is -2.93. The van der Waals surface area contributed by atoms with Gasteiger partial charge in [-0.1, -0.05) is 29.8 Å². The van der Waals surface area contributed by atoms with Crippen molar-refractivity contribution in [2.75, 3.05) is 5.32 Å². The van der Waals surface area contributed by atoms with E-state index >= 15 is 0 Å². The first-order valence-electron chi connectivity index (χ1n) is 7.60. The van der Waals surface area contributed by atoms with Gasteiger partial charge in [0.2, 0.25) is 5.91 Å². The summed E-state index contributed by atoms with van der Waals surface area (Å²) in [6.45, 7) is 0.0606. The zero-order valence-electron chi connectivity index (χ0n) is 13.1. The van der Waals surface area contributed by atoms with Crippen LogP contribution in [0.25, 0.3) is 0 Å². The Morgan fingerprint density at radius 1 is 1.24 bits per heavy atom. The van der Waals surface area contributed by atoms with Crippen LogP contribution in [-0.4, -0.2) is 33.8 Å². The van der Waals surface area contributed by atoms with Gasteiger partial charge in [-0.25, -0.2) is 4.79 Å². The van der Waals surface area contributed by atoms with Gasteiger partial charge in [0.05, 0.1) is 24.8 Å². The zero-order chi connectivity index (χ0) is 17.8. The van der Waals surface area contributed by atoms with Crippen LogP contribution in [0.3, 0.4) is 0 Å². The van der Waals surface area contributed by atoms with Crippen molar-refractivity contribution in [1.82, 2.24) is 15.2 Å². The lowest BCUT2D eigenvalue weighted by molar-refractivity contribution is -0.130. The summed E-state index contributed by atoms with van der Waals surface area (Å²) >= 11 is 6.07. The highest BCUT2D eigenvalue weighted by molar-refractivity contribution is 6.31.